The van der Waals surface area contributed by atoms with Crippen molar-refractivity contribution in [1.82, 2.24) is 10.0 Å². The molecule has 1 heterocycles. The minimum absolute atomic E-state index is 0.00909. The standard InChI is InChI=1S/C15H26N2O3S/c1-4-15(5-2,6-3)17-21(18,19)14-10-9-13(20-14)11-16-12-7-8-12/h9-10,12,16-17H,4-8,11H2,1-3H3. The molecule has 1 aliphatic carbocycles. The minimum Gasteiger partial charge on any atom is -0.447 e. The van der Waals surface area contributed by atoms with Crippen LogP contribution < -0.4 is 10.0 Å². The van der Waals surface area contributed by atoms with Gasteiger partial charge in [-0.05, 0) is 44.2 Å². The maximum absolute atomic E-state index is 12.5. The Kier molecular flexibility index (Phi) is 5.11. The van der Waals surface area contributed by atoms with Gasteiger partial charge >= 0.3 is 0 Å². The quantitative estimate of drug-likeness (QED) is 0.735. The van der Waals surface area contributed by atoms with E-state index in [1.54, 1.807) is 6.07 Å². The van der Waals surface area contributed by atoms with Crippen LogP contribution in [0.2, 0.25) is 0 Å². The van der Waals surface area contributed by atoms with Gasteiger partial charge in [0, 0.05) is 11.6 Å². The van der Waals surface area contributed by atoms with Crippen molar-refractivity contribution >= 4 is 10.0 Å². The van der Waals surface area contributed by atoms with Gasteiger partial charge in [-0.2, -0.15) is 0 Å². The summed E-state index contributed by atoms with van der Waals surface area (Å²) >= 11 is 0. The summed E-state index contributed by atoms with van der Waals surface area (Å²) in [6.07, 6.45) is 4.67. The lowest BCUT2D eigenvalue weighted by atomic mass is 9.91. The molecule has 0 aromatic carbocycles. The number of hydrogen-bond acceptors (Lipinski definition) is 4. The van der Waals surface area contributed by atoms with Crippen LogP contribution in [-0.4, -0.2) is 20.0 Å². The molecule has 120 valence electrons. The van der Waals surface area contributed by atoms with E-state index in [0.29, 0.717) is 18.3 Å². The van der Waals surface area contributed by atoms with Gasteiger partial charge in [-0.25, -0.2) is 13.1 Å². The first-order valence-electron chi connectivity index (χ1n) is 7.80. The largest absolute Gasteiger partial charge is 0.447 e. The Morgan fingerprint density at radius 2 is 1.81 bits per heavy atom. The van der Waals surface area contributed by atoms with E-state index in [9.17, 15) is 8.42 Å². The fraction of sp³-hybridized carbons (Fsp3) is 0.733. The molecule has 6 heteroatoms. The molecule has 0 saturated heterocycles. The van der Waals surface area contributed by atoms with Crippen LogP contribution in [0.25, 0.3) is 0 Å². The van der Waals surface area contributed by atoms with E-state index in [4.69, 9.17) is 4.42 Å². The lowest BCUT2D eigenvalue weighted by Crippen LogP contribution is -2.46. The predicted molar refractivity (Wildman–Crippen MR) is 82.5 cm³/mol. The highest BCUT2D eigenvalue weighted by atomic mass is 32.2. The van der Waals surface area contributed by atoms with Crippen LogP contribution in [0.1, 0.15) is 58.6 Å². The van der Waals surface area contributed by atoms with Gasteiger partial charge in [0.1, 0.15) is 5.76 Å². The van der Waals surface area contributed by atoms with Gasteiger partial charge < -0.3 is 9.73 Å². The maximum atomic E-state index is 12.5. The SMILES string of the molecule is CCC(CC)(CC)NS(=O)(=O)c1ccc(CNC2CC2)o1. The van der Waals surface area contributed by atoms with Gasteiger partial charge in [-0.1, -0.05) is 20.8 Å². The smallest absolute Gasteiger partial charge is 0.274 e. The average Bonchev–Trinajstić information content (AvgIpc) is 3.18. The first-order chi connectivity index (χ1) is 9.94. The molecule has 0 unspecified atom stereocenters. The minimum atomic E-state index is -3.60. The number of hydrogen-bond donors (Lipinski definition) is 2. The van der Waals surface area contributed by atoms with E-state index in [2.05, 4.69) is 10.0 Å². The molecule has 1 saturated carbocycles. The summed E-state index contributed by atoms with van der Waals surface area (Å²) in [5.41, 5.74) is -0.391. The molecular formula is C15H26N2O3S. The summed E-state index contributed by atoms with van der Waals surface area (Å²) in [4.78, 5) is 0. The van der Waals surface area contributed by atoms with Gasteiger partial charge in [-0.3, -0.25) is 0 Å². The Labute approximate surface area is 127 Å². The predicted octanol–water partition coefficient (Wildman–Crippen LogP) is 2.78. The Morgan fingerprint density at radius 1 is 1.19 bits per heavy atom. The molecule has 2 rings (SSSR count). The van der Waals surface area contributed by atoms with Crippen LogP contribution in [0.4, 0.5) is 0 Å². The molecule has 0 spiro atoms. The third kappa shape index (κ3) is 4.08. The fourth-order valence-electron chi connectivity index (χ4n) is 2.43. The van der Waals surface area contributed by atoms with Crippen LogP contribution >= 0.6 is 0 Å². The number of sulfonamides is 1. The lowest BCUT2D eigenvalue weighted by molar-refractivity contribution is 0.332. The summed E-state index contributed by atoms with van der Waals surface area (Å²) in [6.45, 7) is 6.59. The molecule has 21 heavy (non-hydrogen) atoms. The summed E-state index contributed by atoms with van der Waals surface area (Å²) in [5, 5.41) is 3.32. The van der Waals surface area contributed by atoms with Crippen molar-refractivity contribution in [2.45, 2.75) is 76.1 Å². The Balaban J connectivity index is 2.07. The first-order valence-corrected chi connectivity index (χ1v) is 9.29. The second-order valence-corrected chi connectivity index (χ2v) is 7.44. The van der Waals surface area contributed by atoms with Crippen molar-refractivity contribution in [3.63, 3.8) is 0 Å². The molecule has 2 N–H and O–H groups in total. The molecule has 0 atom stereocenters. The first kappa shape index (κ1) is 16.5. The van der Waals surface area contributed by atoms with Gasteiger partial charge in [0.15, 0.2) is 0 Å². The van der Waals surface area contributed by atoms with E-state index in [-0.39, 0.29) is 5.09 Å². The van der Waals surface area contributed by atoms with Gasteiger partial charge in [0.2, 0.25) is 5.09 Å². The molecule has 0 amide bonds. The maximum Gasteiger partial charge on any atom is 0.274 e. The topological polar surface area (TPSA) is 71.3 Å². The van der Waals surface area contributed by atoms with Gasteiger partial charge in [-0.15, -0.1) is 0 Å². The fourth-order valence-corrected chi connectivity index (χ4v) is 4.00. The Hall–Kier alpha value is -0.850. The highest BCUT2D eigenvalue weighted by Gasteiger charge is 2.32. The molecular weight excluding hydrogens is 288 g/mol. The molecule has 1 aromatic heterocycles. The molecule has 0 bridgehead atoms. The highest BCUT2D eigenvalue weighted by Crippen LogP contribution is 2.24. The second kappa shape index (κ2) is 6.50. The highest BCUT2D eigenvalue weighted by molar-refractivity contribution is 7.89. The molecule has 5 nitrogen and oxygen atoms in total. The monoisotopic (exact) mass is 314 g/mol. The van der Waals surface area contributed by atoms with Crippen LogP contribution in [0.5, 0.6) is 0 Å². The molecule has 0 aliphatic heterocycles. The molecule has 1 fully saturated rings. The van der Waals surface area contributed by atoms with Crippen molar-refractivity contribution < 1.29 is 12.8 Å². The van der Waals surface area contributed by atoms with Crippen LogP contribution in [-0.2, 0) is 16.6 Å². The molecule has 1 aromatic rings. The van der Waals surface area contributed by atoms with E-state index in [0.717, 1.165) is 19.3 Å². The van der Waals surface area contributed by atoms with Crippen molar-refractivity contribution in [3.05, 3.63) is 17.9 Å². The van der Waals surface area contributed by atoms with E-state index >= 15 is 0 Å². The Morgan fingerprint density at radius 3 is 2.33 bits per heavy atom. The zero-order chi connectivity index (χ0) is 15.5. The summed E-state index contributed by atoms with van der Waals surface area (Å²) in [7, 11) is -3.60. The second-order valence-electron chi connectivity index (χ2n) is 5.82. The van der Waals surface area contributed by atoms with Gasteiger partial charge in [0.05, 0.1) is 6.54 Å². The van der Waals surface area contributed by atoms with Crippen molar-refractivity contribution in [3.8, 4) is 0 Å². The van der Waals surface area contributed by atoms with E-state index in [1.165, 1.54) is 18.9 Å². The third-order valence-corrected chi connectivity index (χ3v) is 5.88. The van der Waals surface area contributed by atoms with Crippen LogP contribution in [0.15, 0.2) is 21.6 Å². The summed E-state index contributed by atoms with van der Waals surface area (Å²) < 4.78 is 33.2. The van der Waals surface area contributed by atoms with E-state index in [1.807, 2.05) is 20.8 Å². The Bertz CT molecular complexity index is 549. The summed E-state index contributed by atoms with van der Waals surface area (Å²) in [5.74, 6) is 0.664. The van der Waals surface area contributed by atoms with Crippen molar-refractivity contribution in [2.75, 3.05) is 0 Å². The zero-order valence-electron chi connectivity index (χ0n) is 13.1. The third-order valence-electron chi connectivity index (χ3n) is 4.43. The average molecular weight is 314 g/mol. The van der Waals surface area contributed by atoms with Crippen LogP contribution in [0, 0.1) is 0 Å². The van der Waals surface area contributed by atoms with Crippen molar-refractivity contribution in [2.24, 2.45) is 0 Å². The van der Waals surface area contributed by atoms with E-state index < -0.39 is 15.6 Å². The summed E-state index contributed by atoms with van der Waals surface area (Å²) in [6, 6.07) is 3.84. The van der Waals surface area contributed by atoms with Gasteiger partial charge in [0.25, 0.3) is 10.0 Å². The van der Waals surface area contributed by atoms with Crippen molar-refractivity contribution in [1.29, 1.82) is 0 Å². The molecule has 0 radical (unpaired) electrons. The zero-order valence-corrected chi connectivity index (χ0v) is 13.9. The normalized spacial score (nSPS) is 16.3. The molecule has 1 aliphatic rings. The van der Waals surface area contributed by atoms with Crippen LogP contribution in [0.3, 0.4) is 0 Å². The number of rotatable bonds is 9. The number of nitrogens with one attached hydrogen (secondary N) is 2. The number of furan rings is 1. The lowest BCUT2D eigenvalue weighted by Gasteiger charge is -2.30.